The summed E-state index contributed by atoms with van der Waals surface area (Å²) in [5, 5.41) is 69.0. The number of aliphatic hydroxyl groups is 6. The van der Waals surface area contributed by atoms with Crippen LogP contribution < -0.4 is 0 Å². The lowest BCUT2D eigenvalue weighted by atomic mass is 9.99. The summed E-state index contributed by atoms with van der Waals surface area (Å²) in [6.07, 6.45) is -14.2. The number of nitrogens with zero attached hydrogens (tertiary/aromatic N) is 1. The average molecular weight is 427 g/mol. The first kappa shape index (κ1) is 23.0. The van der Waals surface area contributed by atoms with Crippen LogP contribution in [0.25, 0.3) is 0 Å². The maximum absolute atomic E-state index is 10.2. The van der Waals surface area contributed by atoms with Crippen LogP contribution in [0.1, 0.15) is 11.7 Å². The molecule has 30 heavy (non-hydrogen) atoms. The van der Waals surface area contributed by atoms with Gasteiger partial charge in [-0.25, -0.2) is 0 Å². The minimum atomic E-state index is -1.66. The number of hydrogen-bond acceptors (Lipinski definition) is 11. The number of aliphatic hydroxyl groups excluding tert-OH is 6. The lowest BCUT2D eigenvalue weighted by Gasteiger charge is -2.41. The monoisotopic (exact) mass is 427 g/mol. The van der Waals surface area contributed by atoms with Gasteiger partial charge in [-0.3, -0.25) is 0 Å². The van der Waals surface area contributed by atoms with Gasteiger partial charge in [0, 0.05) is 0 Å². The molecule has 166 valence electrons. The highest BCUT2D eigenvalue weighted by molar-refractivity contribution is 5.22. The molecular formula is C19H25NO10. The molecule has 2 heterocycles. The maximum atomic E-state index is 10.2. The van der Waals surface area contributed by atoms with E-state index in [9.17, 15) is 35.9 Å². The van der Waals surface area contributed by atoms with E-state index in [1.807, 2.05) is 6.07 Å². The summed E-state index contributed by atoms with van der Waals surface area (Å²) in [6.45, 7) is -0.678. The van der Waals surface area contributed by atoms with Crippen LogP contribution in [0.4, 0.5) is 0 Å². The van der Waals surface area contributed by atoms with Gasteiger partial charge in [-0.2, -0.15) is 5.26 Å². The van der Waals surface area contributed by atoms with Crippen LogP contribution >= 0.6 is 0 Å². The molecule has 0 saturated carbocycles. The van der Waals surface area contributed by atoms with Crippen LogP contribution in [0.3, 0.4) is 0 Å². The lowest BCUT2D eigenvalue weighted by Crippen LogP contribution is -2.60. The van der Waals surface area contributed by atoms with Gasteiger partial charge in [0.1, 0.15) is 42.7 Å². The Balaban J connectivity index is 1.63. The molecule has 1 aromatic rings. The Morgan fingerprint density at radius 1 is 0.933 bits per heavy atom. The zero-order valence-corrected chi connectivity index (χ0v) is 15.8. The topological polar surface area (TPSA) is 182 Å². The van der Waals surface area contributed by atoms with Gasteiger partial charge < -0.3 is 49.6 Å². The summed E-state index contributed by atoms with van der Waals surface area (Å²) in [7, 11) is 0. The van der Waals surface area contributed by atoms with Crippen molar-refractivity contribution < 1.29 is 49.6 Å². The van der Waals surface area contributed by atoms with E-state index in [0.717, 1.165) is 0 Å². The van der Waals surface area contributed by atoms with Crippen LogP contribution in [0, 0.1) is 11.3 Å². The summed E-state index contributed by atoms with van der Waals surface area (Å²) in [6, 6.07) is 10.4. The fraction of sp³-hybridized carbons (Fsp3) is 0.632. The molecule has 2 saturated heterocycles. The Morgan fingerprint density at radius 3 is 2.27 bits per heavy atom. The number of benzene rings is 1. The van der Waals surface area contributed by atoms with Gasteiger partial charge >= 0.3 is 0 Å². The molecular weight excluding hydrogens is 402 g/mol. The molecule has 0 unspecified atom stereocenters. The van der Waals surface area contributed by atoms with Crippen molar-refractivity contribution in [3.05, 3.63) is 35.9 Å². The highest BCUT2D eigenvalue weighted by Crippen LogP contribution is 2.28. The predicted molar refractivity (Wildman–Crippen MR) is 96.3 cm³/mol. The van der Waals surface area contributed by atoms with Gasteiger partial charge in [-0.1, -0.05) is 30.3 Å². The molecule has 0 aromatic heterocycles. The van der Waals surface area contributed by atoms with Gasteiger partial charge in [0.25, 0.3) is 0 Å². The second-order valence-electron chi connectivity index (χ2n) is 7.15. The quantitative estimate of drug-likeness (QED) is 0.283. The summed E-state index contributed by atoms with van der Waals surface area (Å²) >= 11 is 0. The van der Waals surface area contributed by atoms with E-state index in [1.54, 1.807) is 30.3 Å². The minimum Gasteiger partial charge on any atom is -0.388 e. The van der Waals surface area contributed by atoms with Crippen molar-refractivity contribution in [2.24, 2.45) is 0 Å². The Kier molecular flexibility index (Phi) is 7.72. The molecule has 11 nitrogen and oxygen atoms in total. The van der Waals surface area contributed by atoms with Crippen molar-refractivity contribution in [2.45, 2.75) is 61.4 Å². The Hall–Kier alpha value is -1.69. The molecule has 3 rings (SSSR count). The number of ether oxygens (including phenoxy) is 4. The third kappa shape index (κ3) is 4.96. The van der Waals surface area contributed by atoms with E-state index in [1.165, 1.54) is 0 Å². The van der Waals surface area contributed by atoms with Crippen LogP contribution in [0.5, 0.6) is 0 Å². The molecule has 0 radical (unpaired) electrons. The number of hydrogen-bond donors (Lipinski definition) is 6. The van der Waals surface area contributed by atoms with Crippen LogP contribution in [0.15, 0.2) is 30.3 Å². The Morgan fingerprint density at radius 2 is 1.60 bits per heavy atom. The molecule has 2 fully saturated rings. The van der Waals surface area contributed by atoms with Crippen molar-refractivity contribution in [3.63, 3.8) is 0 Å². The van der Waals surface area contributed by atoms with Gasteiger partial charge in [0.05, 0.1) is 19.3 Å². The SMILES string of the molecule is N#C[C@@H](O[C@H]1O[C@@H](CO[C@@H]2OC[C@@H](O)[C@@H](O)[C@H]2O)[C@@H](O)[C@@H](O)[C@H]1O)c1ccccc1. The Bertz CT molecular complexity index is 715. The van der Waals surface area contributed by atoms with Gasteiger partial charge in [0.2, 0.25) is 0 Å². The molecule has 0 bridgehead atoms. The third-order valence-electron chi connectivity index (χ3n) is 5.04. The van der Waals surface area contributed by atoms with Crippen molar-refractivity contribution in [1.82, 2.24) is 0 Å². The second kappa shape index (κ2) is 10.1. The predicted octanol–water partition coefficient (Wildman–Crippen LogP) is -2.47. The largest absolute Gasteiger partial charge is 0.388 e. The smallest absolute Gasteiger partial charge is 0.188 e. The minimum absolute atomic E-state index is 0.273. The van der Waals surface area contributed by atoms with Gasteiger partial charge in [-0.05, 0) is 5.56 Å². The summed E-state index contributed by atoms with van der Waals surface area (Å²) in [5.74, 6) is 0. The van der Waals surface area contributed by atoms with E-state index in [0.29, 0.717) is 5.56 Å². The maximum Gasteiger partial charge on any atom is 0.188 e. The Labute approximate surface area is 172 Å². The molecule has 0 aliphatic carbocycles. The van der Waals surface area contributed by atoms with Gasteiger partial charge in [-0.15, -0.1) is 0 Å². The molecule has 11 heteroatoms. The van der Waals surface area contributed by atoms with E-state index in [2.05, 4.69) is 0 Å². The molecule has 1 aromatic carbocycles. The highest BCUT2D eigenvalue weighted by Gasteiger charge is 2.46. The van der Waals surface area contributed by atoms with E-state index >= 15 is 0 Å². The van der Waals surface area contributed by atoms with Crippen molar-refractivity contribution in [1.29, 1.82) is 5.26 Å². The van der Waals surface area contributed by atoms with Crippen LogP contribution in [-0.4, -0.2) is 99.2 Å². The van der Waals surface area contributed by atoms with E-state index < -0.39 is 68.0 Å². The second-order valence-corrected chi connectivity index (χ2v) is 7.15. The van der Waals surface area contributed by atoms with Crippen LogP contribution in [-0.2, 0) is 18.9 Å². The molecule has 6 N–H and O–H groups in total. The molecule has 0 amide bonds. The standard InChI is InChI=1S/C19H25NO10/c20-6-11(9-4-2-1-3-5-9)29-19-17(26)15(24)14(23)12(30-19)8-28-18-16(25)13(22)10(21)7-27-18/h1-5,10-19,21-26H,7-8H2/t10-,11-,12+,13-,14-,15-,16-,17-,18+,19+/m1/s1. The first-order valence-corrected chi connectivity index (χ1v) is 9.40. The number of nitriles is 1. The number of rotatable bonds is 6. The summed E-state index contributed by atoms with van der Waals surface area (Å²) in [4.78, 5) is 0. The fourth-order valence-corrected chi connectivity index (χ4v) is 3.23. The lowest BCUT2D eigenvalue weighted by molar-refractivity contribution is -0.325. The van der Waals surface area contributed by atoms with Crippen LogP contribution in [0.2, 0.25) is 0 Å². The van der Waals surface area contributed by atoms with E-state index in [4.69, 9.17) is 18.9 Å². The fourth-order valence-electron chi connectivity index (χ4n) is 3.23. The van der Waals surface area contributed by atoms with Crippen molar-refractivity contribution >= 4 is 0 Å². The van der Waals surface area contributed by atoms with Crippen molar-refractivity contribution in [3.8, 4) is 6.07 Å². The zero-order chi connectivity index (χ0) is 21.8. The highest BCUT2D eigenvalue weighted by atomic mass is 16.7. The summed E-state index contributed by atoms with van der Waals surface area (Å²) in [5.41, 5.74) is 0.510. The first-order chi connectivity index (χ1) is 14.3. The van der Waals surface area contributed by atoms with Crippen molar-refractivity contribution in [2.75, 3.05) is 13.2 Å². The average Bonchev–Trinajstić information content (AvgIpc) is 2.76. The first-order valence-electron chi connectivity index (χ1n) is 9.40. The normalized spacial score (nSPS) is 40.5. The molecule has 2 aliphatic heterocycles. The molecule has 0 spiro atoms. The van der Waals surface area contributed by atoms with E-state index in [-0.39, 0.29) is 6.61 Å². The summed E-state index contributed by atoms with van der Waals surface area (Å²) < 4.78 is 21.5. The van der Waals surface area contributed by atoms with Gasteiger partial charge in [0.15, 0.2) is 18.7 Å². The molecule has 2 aliphatic rings. The molecule has 10 atom stereocenters. The third-order valence-corrected chi connectivity index (χ3v) is 5.04. The zero-order valence-electron chi connectivity index (χ0n) is 15.8.